The predicted octanol–water partition coefficient (Wildman–Crippen LogP) is 6.12. The molecule has 0 N–H and O–H groups in total. The number of hydrogen-bond donors (Lipinski definition) is 0. The monoisotopic (exact) mass is 416 g/mol. The summed E-state index contributed by atoms with van der Waals surface area (Å²) in [5, 5.41) is 0. The average molecular weight is 417 g/mol. The smallest absolute Gasteiger partial charge is 0.493 e. The molecule has 0 atom stereocenters. The number of rotatable bonds is 14. The molecule has 0 amide bonds. The van der Waals surface area contributed by atoms with E-state index in [1.54, 1.807) is 21.3 Å². The first kappa shape index (κ1) is 23.6. The lowest BCUT2D eigenvalue weighted by Crippen LogP contribution is -2.42. The standard InChI is InChI=1S/C24H36O4Si/c1-5-6-7-9-16-22-17-12-18-23(21-14-10-8-11-15-21)24(22)28-19-13-20-29(25-2,26-3)27-4/h8,10-12,14-15,17-18H,5-7,9,13,16,19-20H2,1-4H3. The van der Waals surface area contributed by atoms with Gasteiger partial charge in [-0.15, -0.1) is 0 Å². The molecule has 5 heteroatoms. The van der Waals surface area contributed by atoms with Gasteiger partial charge < -0.3 is 18.0 Å². The molecule has 2 aromatic rings. The van der Waals surface area contributed by atoms with Crippen LogP contribution in [0.4, 0.5) is 0 Å². The zero-order valence-corrected chi connectivity index (χ0v) is 19.4. The number of hydrogen-bond acceptors (Lipinski definition) is 4. The Morgan fingerprint density at radius 2 is 1.48 bits per heavy atom. The van der Waals surface area contributed by atoms with Crippen LogP contribution in [-0.2, 0) is 19.7 Å². The van der Waals surface area contributed by atoms with E-state index < -0.39 is 8.80 Å². The normalized spacial score (nSPS) is 11.6. The molecule has 0 saturated carbocycles. The van der Waals surface area contributed by atoms with Crippen LogP contribution in [0.2, 0.25) is 6.04 Å². The van der Waals surface area contributed by atoms with E-state index in [2.05, 4.69) is 49.4 Å². The van der Waals surface area contributed by atoms with Gasteiger partial charge in [0.1, 0.15) is 5.75 Å². The largest absolute Gasteiger partial charge is 0.500 e. The van der Waals surface area contributed by atoms with Gasteiger partial charge in [-0.2, -0.15) is 0 Å². The maximum atomic E-state index is 6.36. The molecule has 160 valence electrons. The molecule has 4 nitrogen and oxygen atoms in total. The molecule has 0 spiro atoms. The fourth-order valence-corrected chi connectivity index (χ4v) is 5.25. The Morgan fingerprint density at radius 3 is 2.14 bits per heavy atom. The summed E-state index contributed by atoms with van der Waals surface area (Å²) in [6.07, 6.45) is 6.84. The molecule has 0 bridgehead atoms. The van der Waals surface area contributed by atoms with E-state index in [1.165, 1.54) is 36.8 Å². The van der Waals surface area contributed by atoms with Crippen LogP contribution in [0.5, 0.6) is 5.75 Å². The van der Waals surface area contributed by atoms with Gasteiger partial charge in [-0.3, -0.25) is 0 Å². The van der Waals surface area contributed by atoms with Gasteiger partial charge in [0.05, 0.1) is 6.61 Å². The second kappa shape index (κ2) is 12.8. The molecule has 0 radical (unpaired) electrons. The molecule has 0 aliphatic carbocycles. The van der Waals surface area contributed by atoms with E-state index in [4.69, 9.17) is 18.0 Å². The van der Waals surface area contributed by atoms with Crippen LogP contribution in [0, 0.1) is 0 Å². The zero-order valence-electron chi connectivity index (χ0n) is 18.4. The molecular weight excluding hydrogens is 380 g/mol. The van der Waals surface area contributed by atoms with Gasteiger partial charge in [-0.05, 0) is 30.4 Å². The van der Waals surface area contributed by atoms with E-state index in [-0.39, 0.29) is 0 Å². The minimum Gasteiger partial charge on any atom is -0.493 e. The van der Waals surface area contributed by atoms with Gasteiger partial charge in [0.25, 0.3) is 0 Å². The Balaban J connectivity index is 2.13. The van der Waals surface area contributed by atoms with Crippen molar-refractivity contribution in [1.29, 1.82) is 0 Å². The fraction of sp³-hybridized carbons (Fsp3) is 0.500. The van der Waals surface area contributed by atoms with Gasteiger partial charge >= 0.3 is 8.80 Å². The summed E-state index contributed by atoms with van der Waals surface area (Å²) in [4.78, 5) is 0. The SMILES string of the molecule is CCCCCCc1cccc(-c2ccccc2)c1OCCC[Si](OC)(OC)OC. The Morgan fingerprint density at radius 1 is 0.759 bits per heavy atom. The maximum absolute atomic E-state index is 6.36. The third-order valence-electron chi connectivity index (χ3n) is 5.29. The van der Waals surface area contributed by atoms with Crippen LogP contribution >= 0.6 is 0 Å². The van der Waals surface area contributed by atoms with Crippen molar-refractivity contribution in [2.24, 2.45) is 0 Å². The third-order valence-corrected chi connectivity index (χ3v) is 8.12. The molecule has 0 aromatic heterocycles. The van der Waals surface area contributed by atoms with Crippen molar-refractivity contribution in [3.63, 3.8) is 0 Å². The summed E-state index contributed by atoms with van der Waals surface area (Å²) in [6.45, 7) is 2.85. The minimum absolute atomic E-state index is 0.608. The number of ether oxygens (including phenoxy) is 1. The second-order valence-electron chi connectivity index (χ2n) is 7.22. The molecule has 0 heterocycles. The van der Waals surface area contributed by atoms with E-state index >= 15 is 0 Å². The summed E-state index contributed by atoms with van der Waals surface area (Å²) >= 11 is 0. The first-order chi connectivity index (χ1) is 14.2. The number of para-hydroxylation sites is 1. The number of unbranched alkanes of at least 4 members (excludes halogenated alkanes) is 3. The molecule has 0 saturated heterocycles. The molecule has 0 aliphatic heterocycles. The Bertz CT molecular complexity index is 693. The molecule has 2 aromatic carbocycles. The fourth-order valence-electron chi connectivity index (χ4n) is 3.56. The second-order valence-corrected chi connectivity index (χ2v) is 10.3. The molecule has 29 heavy (non-hydrogen) atoms. The van der Waals surface area contributed by atoms with Gasteiger partial charge in [-0.25, -0.2) is 0 Å². The van der Waals surface area contributed by atoms with Crippen molar-refractivity contribution in [2.75, 3.05) is 27.9 Å². The van der Waals surface area contributed by atoms with Crippen LogP contribution in [0.15, 0.2) is 48.5 Å². The Hall–Kier alpha value is -1.66. The van der Waals surface area contributed by atoms with E-state index in [0.29, 0.717) is 6.61 Å². The van der Waals surface area contributed by atoms with Crippen molar-refractivity contribution >= 4 is 8.80 Å². The predicted molar refractivity (Wildman–Crippen MR) is 121 cm³/mol. The van der Waals surface area contributed by atoms with Crippen molar-refractivity contribution in [1.82, 2.24) is 0 Å². The Kier molecular flexibility index (Phi) is 10.4. The molecular formula is C24H36O4Si. The van der Waals surface area contributed by atoms with Crippen molar-refractivity contribution in [3.8, 4) is 16.9 Å². The highest BCUT2D eigenvalue weighted by Gasteiger charge is 2.37. The molecule has 2 rings (SSSR count). The van der Waals surface area contributed by atoms with Crippen molar-refractivity contribution in [3.05, 3.63) is 54.1 Å². The lowest BCUT2D eigenvalue weighted by molar-refractivity contribution is 0.121. The summed E-state index contributed by atoms with van der Waals surface area (Å²) in [7, 11) is 2.40. The molecule has 0 fully saturated rings. The van der Waals surface area contributed by atoms with E-state index in [0.717, 1.165) is 30.2 Å². The molecule has 0 unspecified atom stereocenters. The van der Waals surface area contributed by atoms with E-state index in [1.807, 2.05) is 6.07 Å². The summed E-state index contributed by atoms with van der Waals surface area (Å²) in [6, 6.07) is 17.7. The van der Waals surface area contributed by atoms with Crippen LogP contribution in [0.3, 0.4) is 0 Å². The first-order valence-corrected chi connectivity index (χ1v) is 12.6. The topological polar surface area (TPSA) is 36.9 Å². The third kappa shape index (κ3) is 6.96. The highest BCUT2D eigenvalue weighted by molar-refractivity contribution is 6.60. The quantitative estimate of drug-likeness (QED) is 0.274. The van der Waals surface area contributed by atoms with Crippen LogP contribution < -0.4 is 4.74 Å². The highest BCUT2D eigenvalue weighted by Crippen LogP contribution is 2.34. The number of aryl methyl sites for hydroxylation is 1. The van der Waals surface area contributed by atoms with Gasteiger partial charge in [0.15, 0.2) is 0 Å². The molecule has 0 aliphatic rings. The summed E-state index contributed by atoms with van der Waals surface area (Å²) < 4.78 is 22.9. The summed E-state index contributed by atoms with van der Waals surface area (Å²) in [5.74, 6) is 1.01. The van der Waals surface area contributed by atoms with Crippen molar-refractivity contribution < 1.29 is 18.0 Å². The van der Waals surface area contributed by atoms with Gasteiger partial charge in [0, 0.05) is 32.9 Å². The Labute approximate surface area is 177 Å². The van der Waals surface area contributed by atoms with Crippen LogP contribution in [-0.4, -0.2) is 36.7 Å². The highest BCUT2D eigenvalue weighted by atomic mass is 28.4. The van der Waals surface area contributed by atoms with Crippen LogP contribution in [0.1, 0.15) is 44.6 Å². The first-order valence-electron chi connectivity index (χ1n) is 10.6. The number of benzene rings is 2. The van der Waals surface area contributed by atoms with Crippen LogP contribution in [0.25, 0.3) is 11.1 Å². The minimum atomic E-state index is -2.56. The zero-order chi connectivity index (χ0) is 21.0. The van der Waals surface area contributed by atoms with E-state index in [9.17, 15) is 0 Å². The lowest BCUT2D eigenvalue weighted by Gasteiger charge is -2.24. The van der Waals surface area contributed by atoms with Gasteiger partial charge in [-0.1, -0.05) is 74.7 Å². The van der Waals surface area contributed by atoms with Crippen molar-refractivity contribution in [2.45, 2.75) is 51.5 Å². The summed E-state index contributed by atoms with van der Waals surface area (Å²) in [5.41, 5.74) is 3.64. The van der Waals surface area contributed by atoms with Gasteiger partial charge in [0.2, 0.25) is 0 Å². The maximum Gasteiger partial charge on any atom is 0.500 e. The average Bonchev–Trinajstić information content (AvgIpc) is 2.78. The lowest BCUT2D eigenvalue weighted by atomic mass is 9.98.